The lowest BCUT2D eigenvalue weighted by molar-refractivity contribution is -0.123. The van der Waals surface area contributed by atoms with Gasteiger partial charge in [-0.3, -0.25) is 4.79 Å². The molecule has 0 radical (unpaired) electrons. The summed E-state index contributed by atoms with van der Waals surface area (Å²) in [7, 11) is 4.05. The second-order valence-corrected chi connectivity index (χ2v) is 4.94. The number of nitrogens with zero attached hydrogens (tertiary/aromatic N) is 2. The molecule has 6 nitrogen and oxygen atoms in total. The van der Waals surface area contributed by atoms with Gasteiger partial charge in [0.1, 0.15) is 0 Å². The van der Waals surface area contributed by atoms with E-state index in [1.807, 2.05) is 14.1 Å². The number of carbonyl (C=O) groups excluding carboxylic acids is 1. The first-order valence-electron chi connectivity index (χ1n) is 5.85. The van der Waals surface area contributed by atoms with Crippen molar-refractivity contribution in [3.63, 3.8) is 0 Å². The van der Waals surface area contributed by atoms with Gasteiger partial charge in [0.15, 0.2) is 5.84 Å². The topological polar surface area (TPSA) is 91.0 Å². The fraction of sp³-hybridized carbons (Fsp3) is 0.818. The number of oxime groups is 1. The van der Waals surface area contributed by atoms with Crippen LogP contribution in [0.3, 0.4) is 0 Å². The van der Waals surface area contributed by atoms with Crippen LogP contribution in [0.5, 0.6) is 0 Å². The van der Waals surface area contributed by atoms with Crippen LogP contribution >= 0.6 is 0 Å². The SMILES string of the molecule is CC(C(=O)NCC1(N(C)C)CCC1)C(N)=NO. The number of hydrogen-bond acceptors (Lipinski definition) is 4. The van der Waals surface area contributed by atoms with Crippen LogP contribution in [0.4, 0.5) is 0 Å². The fourth-order valence-electron chi connectivity index (χ4n) is 1.99. The van der Waals surface area contributed by atoms with Crippen molar-refractivity contribution in [1.82, 2.24) is 10.2 Å². The van der Waals surface area contributed by atoms with Crippen LogP contribution in [-0.2, 0) is 4.79 Å². The van der Waals surface area contributed by atoms with E-state index in [2.05, 4.69) is 15.4 Å². The number of amidine groups is 1. The summed E-state index contributed by atoms with van der Waals surface area (Å²) in [5, 5.41) is 14.2. The third-order valence-corrected chi connectivity index (χ3v) is 3.78. The summed E-state index contributed by atoms with van der Waals surface area (Å²) in [6.45, 7) is 2.23. The van der Waals surface area contributed by atoms with E-state index in [9.17, 15) is 4.79 Å². The highest BCUT2D eigenvalue weighted by atomic mass is 16.4. The molecule has 1 fully saturated rings. The lowest BCUT2D eigenvalue weighted by Gasteiger charge is -2.47. The Labute approximate surface area is 102 Å². The van der Waals surface area contributed by atoms with Gasteiger partial charge < -0.3 is 21.2 Å². The van der Waals surface area contributed by atoms with E-state index in [0.29, 0.717) is 6.54 Å². The molecule has 0 aliphatic heterocycles. The van der Waals surface area contributed by atoms with Gasteiger partial charge in [-0.2, -0.15) is 0 Å². The van der Waals surface area contributed by atoms with Crippen molar-refractivity contribution >= 4 is 11.7 Å². The molecule has 1 saturated carbocycles. The Hall–Kier alpha value is -1.30. The molecule has 0 spiro atoms. The molecule has 1 amide bonds. The highest BCUT2D eigenvalue weighted by Gasteiger charge is 2.39. The third kappa shape index (κ3) is 2.88. The molecule has 1 atom stereocenters. The molecule has 0 bridgehead atoms. The number of hydrogen-bond donors (Lipinski definition) is 3. The van der Waals surface area contributed by atoms with Crippen molar-refractivity contribution < 1.29 is 10.0 Å². The maximum absolute atomic E-state index is 11.8. The molecule has 17 heavy (non-hydrogen) atoms. The first-order valence-corrected chi connectivity index (χ1v) is 5.85. The molecule has 0 heterocycles. The Balaban J connectivity index is 2.48. The largest absolute Gasteiger partial charge is 0.409 e. The summed E-state index contributed by atoms with van der Waals surface area (Å²) in [6.07, 6.45) is 3.39. The number of nitrogens with two attached hydrogens (primary N) is 1. The second kappa shape index (κ2) is 5.35. The summed E-state index contributed by atoms with van der Waals surface area (Å²) in [5.74, 6) is -0.859. The van der Waals surface area contributed by atoms with E-state index < -0.39 is 5.92 Å². The first-order chi connectivity index (χ1) is 7.93. The molecule has 6 heteroatoms. The van der Waals surface area contributed by atoms with Crippen molar-refractivity contribution in [1.29, 1.82) is 0 Å². The van der Waals surface area contributed by atoms with Gasteiger partial charge in [0.2, 0.25) is 5.91 Å². The summed E-state index contributed by atoms with van der Waals surface area (Å²) < 4.78 is 0. The molecule has 0 aromatic rings. The number of carbonyl (C=O) groups is 1. The van der Waals surface area contributed by atoms with Crippen molar-refractivity contribution in [2.24, 2.45) is 16.8 Å². The molecule has 1 aliphatic carbocycles. The van der Waals surface area contributed by atoms with Gasteiger partial charge in [0.05, 0.1) is 5.92 Å². The quantitative estimate of drug-likeness (QED) is 0.273. The van der Waals surface area contributed by atoms with Crippen LogP contribution < -0.4 is 11.1 Å². The molecular formula is C11H22N4O2. The third-order valence-electron chi connectivity index (χ3n) is 3.78. The molecule has 1 unspecified atom stereocenters. The van der Waals surface area contributed by atoms with E-state index in [4.69, 9.17) is 10.9 Å². The Kier molecular flexibility index (Phi) is 4.34. The van der Waals surface area contributed by atoms with Gasteiger partial charge in [-0.15, -0.1) is 0 Å². The molecule has 0 aromatic carbocycles. The van der Waals surface area contributed by atoms with Gasteiger partial charge in [0, 0.05) is 12.1 Å². The summed E-state index contributed by atoms with van der Waals surface area (Å²) in [5.41, 5.74) is 5.48. The molecule has 0 saturated heterocycles. The minimum absolute atomic E-state index is 0.0602. The van der Waals surface area contributed by atoms with Gasteiger partial charge in [-0.1, -0.05) is 5.16 Å². The lowest BCUT2D eigenvalue weighted by Crippen LogP contribution is -2.58. The number of likely N-dealkylation sites (N-methyl/N-ethyl adjacent to an activating group) is 1. The maximum atomic E-state index is 11.8. The smallest absolute Gasteiger partial charge is 0.230 e. The number of amides is 1. The zero-order chi connectivity index (χ0) is 13.1. The van der Waals surface area contributed by atoms with Gasteiger partial charge in [-0.05, 0) is 40.3 Å². The molecule has 98 valence electrons. The van der Waals surface area contributed by atoms with E-state index >= 15 is 0 Å². The normalized spacial score (nSPS) is 20.8. The maximum Gasteiger partial charge on any atom is 0.230 e. The highest BCUT2D eigenvalue weighted by Crippen LogP contribution is 2.35. The predicted molar refractivity (Wildman–Crippen MR) is 65.9 cm³/mol. The van der Waals surface area contributed by atoms with E-state index in [-0.39, 0.29) is 17.3 Å². The molecular weight excluding hydrogens is 220 g/mol. The minimum Gasteiger partial charge on any atom is -0.409 e. The lowest BCUT2D eigenvalue weighted by atomic mass is 9.75. The summed E-state index contributed by atoms with van der Waals surface area (Å²) >= 11 is 0. The molecule has 1 rings (SSSR count). The van der Waals surface area contributed by atoms with Crippen molar-refractivity contribution in [3.05, 3.63) is 0 Å². The Morgan fingerprint density at radius 2 is 2.18 bits per heavy atom. The molecule has 4 N–H and O–H groups in total. The summed E-state index contributed by atoms with van der Waals surface area (Å²) in [4.78, 5) is 13.9. The van der Waals surface area contributed by atoms with Crippen LogP contribution in [0, 0.1) is 5.92 Å². The Morgan fingerprint density at radius 1 is 1.59 bits per heavy atom. The first kappa shape index (κ1) is 13.8. The van der Waals surface area contributed by atoms with Crippen molar-refractivity contribution in [2.75, 3.05) is 20.6 Å². The monoisotopic (exact) mass is 242 g/mol. The van der Waals surface area contributed by atoms with Gasteiger partial charge >= 0.3 is 0 Å². The molecule has 1 aliphatic rings. The average molecular weight is 242 g/mol. The van der Waals surface area contributed by atoms with Crippen LogP contribution in [0.25, 0.3) is 0 Å². The predicted octanol–water partition coefficient (Wildman–Crippen LogP) is -0.0306. The average Bonchev–Trinajstić information content (AvgIpc) is 2.24. The van der Waals surface area contributed by atoms with Gasteiger partial charge in [0.25, 0.3) is 0 Å². The van der Waals surface area contributed by atoms with Crippen LogP contribution in [0.1, 0.15) is 26.2 Å². The minimum atomic E-state index is -0.598. The summed E-state index contributed by atoms with van der Waals surface area (Å²) in [6, 6.07) is 0. The van der Waals surface area contributed by atoms with E-state index in [1.165, 1.54) is 6.42 Å². The van der Waals surface area contributed by atoms with E-state index in [1.54, 1.807) is 6.92 Å². The number of rotatable bonds is 5. The Bertz CT molecular complexity index is 311. The fourth-order valence-corrected chi connectivity index (χ4v) is 1.99. The Morgan fingerprint density at radius 3 is 2.53 bits per heavy atom. The zero-order valence-corrected chi connectivity index (χ0v) is 10.7. The second-order valence-electron chi connectivity index (χ2n) is 4.94. The van der Waals surface area contributed by atoms with E-state index in [0.717, 1.165) is 12.8 Å². The van der Waals surface area contributed by atoms with Crippen LogP contribution in [0.15, 0.2) is 5.16 Å². The van der Waals surface area contributed by atoms with Gasteiger partial charge in [-0.25, -0.2) is 0 Å². The van der Waals surface area contributed by atoms with Crippen LogP contribution in [-0.4, -0.2) is 48.0 Å². The van der Waals surface area contributed by atoms with Crippen molar-refractivity contribution in [3.8, 4) is 0 Å². The number of nitrogens with one attached hydrogen (secondary N) is 1. The standard InChI is InChI=1S/C11H22N4O2/c1-8(9(12)14-17)10(16)13-7-11(15(2)3)5-4-6-11/h8,17H,4-7H2,1-3H3,(H2,12,14)(H,13,16). The highest BCUT2D eigenvalue weighted by molar-refractivity contribution is 6.01. The molecule has 0 aromatic heterocycles. The van der Waals surface area contributed by atoms with Crippen molar-refractivity contribution in [2.45, 2.75) is 31.7 Å². The zero-order valence-electron chi connectivity index (χ0n) is 10.7. The van der Waals surface area contributed by atoms with Crippen LogP contribution in [0.2, 0.25) is 0 Å².